The van der Waals surface area contributed by atoms with Crippen LogP contribution in [0.3, 0.4) is 0 Å². The van der Waals surface area contributed by atoms with Gasteiger partial charge in [-0.05, 0) is 115 Å². The second-order valence-corrected chi connectivity index (χ2v) is 16.7. The van der Waals surface area contributed by atoms with Crippen molar-refractivity contribution in [2.24, 2.45) is 4.99 Å². The molecule has 10 nitrogen and oxygen atoms in total. The highest BCUT2D eigenvalue weighted by Gasteiger charge is 2.38. The highest BCUT2D eigenvalue weighted by molar-refractivity contribution is 7.98. The number of aryl methyl sites for hydroxylation is 2. The number of hydrogen-bond donors (Lipinski definition) is 0. The predicted molar refractivity (Wildman–Crippen MR) is 231 cm³/mol. The molecule has 0 saturated heterocycles. The number of aliphatic imine (C=N–C) groups is 1. The van der Waals surface area contributed by atoms with E-state index >= 15 is 0 Å². The van der Waals surface area contributed by atoms with Crippen molar-refractivity contribution in [3.63, 3.8) is 0 Å². The third kappa shape index (κ3) is 7.71. The Balaban J connectivity index is 0.937. The number of nitrogens with zero attached hydrogens (tertiary/aromatic N) is 4. The largest absolute Gasteiger partial charge is 0.493 e. The standard InChI is InChI=1S/C48H46N4O6S/c1-30-18-39-32(14-15-37-21-33-10-4-6-12-42(33)51(37)47(39)54)23-44(30)57-27-35-19-31(29-59-17-9-3-8-16-53)20-36(50-35)28-58-46-25-41-40(24-45(46)56-2)48(55)52-38(26-49-41)22-34-11-5-7-13-43(34)52/h4-7,10-13,16,18-20,23-26,37-38H,3,8-9,14-15,17,21-22,27-29H2,1-2H3/t37-,38+/m1/s1. The topological polar surface area (TPSA) is 111 Å². The summed E-state index contributed by atoms with van der Waals surface area (Å²) in [7, 11) is 1.57. The summed E-state index contributed by atoms with van der Waals surface area (Å²) in [5.74, 6) is 3.28. The molecule has 0 spiro atoms. The number of anilines is 2. The number of rotatable bonds is 14. The van der Waals surface area contributed by atoms with Crippen LogP contribution >= 0.6 is 11.8 Å². The van der Waals surface area contributed by atoms with Crippen molar-refractivity contribution in [2.45, 2.75) is 82.9 Å². The second-order valence-electron chi connectivity index (χ2n) is 15.6. The number of methoxy groups -OCH3 is 1. The summed E-state index contributed by atoms with van der Waals surface area (Å²) in [6.45, 7) is 2.38. The van der Waals surface area contributed by atoms with Crippen LogP contribution in [0.2, 0.25) is 0 Å². The van der Waals surface area contributed by atoms with Gasteiger partial charge in [0, 0.05) is 53.9 Å². The van der Waals surface area contributed by atoms with Crippen LogP contribution in [0.4, 0.5) is 17.1 Å². The maximum absolute atomic E-state index is 14.0. The van der Waals surface area contributed by atoms with Gasteiger partial charge in [0.2, 0.25) is 0 Å². The zero-order chi connectivity index (χ0) is 40.5. The molecule has 0 N–H and O–H groups in total. The van der Waals surface area contributed by atoms with Crippen molar-refractivity contribution >= 4 is 53.1 Å². The van der Waals surface area contributed by atoms with Gasteiger partial charge in [-0.1, -0.05) is 36.4 Å². The van der Waals surface area contributed by atoms with Crippen molar-refractivity contribution in [1.29, 1.82) is 0 Å². The molecule has 2 amide bonds. The first-order chi connectivity index (χ1) is 28.9. The summed E-state index contributed by atoms with van der Waals surface area (Å²) in [5, 5.41) is 0. The van der Waals surface area contributed by atoms with Gasteiger partial charge in [-0.25, -0.2) is 0 Å². The highest BCUT2D eigenvalue weighted by atomic mass is 32.2. The van der Waals surface area contributed by atoms with Crippen LogP contribution in [0.5, 0.6) is 17.2 Å². The number of thioether (sulfide) groups is 1. The molecule has 4 aliphatic rings. The molecule has 0 saturated carbocycles. The van der Waals surface area contributed by atoms with E-state index in [1.54, 1.807) is 19.2 Å². The van der Waals surface area contributed by atoms with Gasteiger partial charge in [-0.15, -0.1) is 0 Å². The Morgan fingerprint density at radius 1 is 0.780 bits per heavy atom. The maximum Gasteiger partial charge on any atom is 0.261 e. The molecule has 300 valence electrons. The highest BCUT2D eigenvalue weighted by Crippen LogP contribution is 2.42. The first-order valence-electron chi connectivity index (χ1n) is 20.4. The Bertz CT molecular complexity index is 2480. The van der Waals surface area contributed by atoms with Gasteiger partial charge in [0.25, 0.3) is 11.8 Å². The van der Waals surface area contributed by atoms with Crippen LogP contribution in [0, 0.1) is 6.92 Å². The molecule has 11 heteroatoms. The number of aromatic nitrogens is 1. The Kier molecular flexibility index (Phi) is 10.9. The fourth-order valence-electron chi connectivity index (χ4n) is 8.77. The van der Waals surface area contributed by atoms with E-state index in [-0.39, 0.29) is 37.1 Å². The first-order valence-corrected chi connectivity index (χ1v) is 21.5. The Labute approximate surface area is 348 Å². The average molecular weight is 807 g/mol. The van der Waals surface area contributed by atoms with Gasteiger partial charge in [0.15, 0.2) is 11.5 Å². The molecule has 5 aromatic rings. The number of carbonyl (C=O) groups excluding carboxylic acids is 3. The molecule has 2 atom stereocenters. The lowest BCUT2D eigenvalue weighted by Gasteiger charge is -2.23. The molecule has 0 fully saturated rings. The van der Waals surface area contributed by atoms with Gasteiger partial charge < -0.3 is 23.9 Å². The van der Waals surface area contributed by atoms with E-state index in [4.69, 9.17) is 24.2 Å². The smallest absolute Gasteiger partial charge is 0.261 e. The number of aldehydes is 1. The summed E-state index contributed by atoms with van der Waals surface area (Å²) in [6.07, 6.45) is 8.54. The number of hydrogen-bond acceptors (Lipinski definition) is 9. The van der Waals surface area contributed by atoms with Crippen molar-refractivity contribution in [2.75, 3.05) is 22.7 Å². The number of carbonyl (C=O) groups is 3. The van der Waals surface area contributed by atoms with E-state index in [1.165, 1.54) is 5.56 Å². The number of unbranched alkanes of at least 4 members (excludes halogenated alkanes) is 2. The molecule has 0 radical (unpaired) electrons. The van der Waals surface area contributed by atoms with Crippen molar-refractivity contribution in [1.82, 2.24) is 4.98 Å². The van der Waals surface area contributed by atoms with Crippen molar-refractivity contribution in [3.05, 3.63) is 135 Å². The summed E-state index contributed by atoms with van der Waals surface area (Å²) < 4.78 is 18.7. The number of fused-ring (bicyclic) bond motifs is 8. The normalized spacial score (nSPS) is 17.3. The van der Waals surface area contributed by atoms with Crippen LogP contribution in [0.15, 0.2) is 89.9 Å². The summed E-state index contributed by atoms with van der Waals surface area (Å²) in [4.78, 5) is 52.3. The minimum Gasteiger partial charge on any atom is -0.493 e. The molecule has 4 aliphatic heterocycles. The van der Waals surface area contributed by atoms with E-state index < -0.39 is 0 Å². The zero-order valence-electron chi connectivity index (χ0n) is 33.3. The lowest BCUT2D eigenvalue weighted by Crippen LogP contribution is -2.37. The SMILES string of the molecule is COc1cc2c(cc1OCc1cc(CSCCCCC=O)cc(COc3cc4c(cc3C)C(=O)N3c5ccccc5C[C@H]3CC4)n1)N=C[C@@H]1Cc3ccccc3N1C2=O. The van der Waals surface area contributed by atoms with E-state index in [9.17, 15) is 14.4 Å². The first kappa shape index (κ1) is 38.6. The van der Waals surface area contributed by atoms with Crippen LogP contribution in [-0.4, -0.2) is 54.2 Å². The van der Waals surface area contributed by atoms with E-state index in [0.29, 0.717) is 35.6 Å². The lowest BCUT2D eigenvalue weighted by atomic mass is 9.98. The average Bonchev–Trinajstić information content (AvgIpc) is 3.75. The van der Waals surface area contributed by atoms with Gasteiger partial charge in [-0.2, -0.15) is 11.8 Å². The van der Waals surface area contributed by atoms with Gasteiger partial charge in [-0.3, -0.25) is 24.5 Å². The van der Waals surface area contributed by atoms with Gasteiger partial charge in [0.1, 0.15) is 25.2 Å². The monoisotopic (exact) mass is 806 g/mol. The fraction of sp³-hybridized carbons (Fsp3) is 0.312. The minimum atomic E-state index is -0.161. The molecule has 4 aromatic carbocycles. The lowest BCUT2D eigenvalue weighted by molar-refractivity contribution is -0.107. The van der Waals surface area contributed by atoms with E-state index in [2.05, 4.69) is 30.3 Å². The number of amides is 2. The Morgan fingerprint density at radius 3 is 2.25 bits per heavy atom. The maximum atomic E-state index is 14.0. The third-order valence-electron chi connectivity index (χ3n) is 11.7. The summed E-state index contributed by atoms with van der Waals surface area (Å²) in [6, 6.07) is 27.8. The number of benzene rings is 4. The zero-order valence-corrected chi connectivity index (χ0v) is 34.1. The van der Waals surface area contributed by atoms with Gasteiger partial charge >= 0.3 is 0 Å². The Hall–Kier alpha value is -5.94. The molecule has 0 aliphatic carbocycles. The molecule has 59 heavy (non-hydrogen) atoms. The molecule has 9 rings (SSSR count). The number of pyridine rings is 1. The molecule has 1 aromatic heterocycles. The van der Waals surface area contributed by atoms with Crippen molar-refractivity contribution in [3.8, 4) is 17.2 Å². The predicted octanol–water partition coefficient (Wildman–Crippen LogP) is 8.96. The van der Waals surface area contributed by atoms with E-state index in [1.807, 2.05) is 77.2 Å². The molecule has 5 heterocycles. The molecular formula is C48H46N4O6S. The third-order valence-corrected chi connectivity index (χ3v) is 12.8. The number of para-hydroxylation sites is 2. The van der Waals surface area contributed by atoms with Crippen LogP contribution in [-0.2, 0) is 43.0 Å². The Morgan fingerprint density at radius 2 is 1.49 bits per heavy atom. The van der Waals surface area contributed by atoms with Gasteiger partial charge in [0.05, 0.1) is 35.8 Å². The van der Waals surface area contributed by atoms with Crippen molar-refractivity contribution < 1.29 is 28.6 Å². The van der Waals surface area contributed by atoms with Crippen LogP contribution < -0.4 is 24.0 Å². The minimum absolute atomic E-state index is 0.0559. The van der Waals surface area contributed by atoms with E-state index in [0.717, 1.165) is 106 Å². The summed E-state index contributed by atoms with van der Waals surface area (Å²) >= 11 is 1.82. The summed E-state index contributed by atoms with van der Waals surface area (Å²) in [5.41, 5.74) is 10.5. The fourth-order valence-corrected chi connectivity index (χ4v) is 9.73. The quantitative estimate of drug-likeness (QED) is 0.0809. The second kappa shape index (κ2) is 16.7. The van der Waals surface area contributed by atoms with Crippen LogP contribution in [0.1, 0.15) is 85.6 Å². The molecule has 0 bridgehead atoms. The molecule has 0 unspecified atom stereocenters. The molecular weight excluding hydrogens is 761 g/mol. The number of ether oxygens (including phenoxy) is 3. The van der Waals surface area contributed by atoms with Crippen LogP contribution in [0.25, 0.3) is 0 Å².